The number of thiol groups is 1. The van der Waals surface area contributed by atoms with E-state index >= 15 is 0 Å². The first kappa shape index (κ1) is 13.5. The summed E-state index contributed by atoms with van der Waals surface area (Å²) >= 11 is 3.46. The van der Waals surface area contributed by atoms with Crippen molar-refractivity contribution < 1.29 is 20.1 Å². The van der Waals surface area contributed by atoms with Gasteiger partial charge in [-0.25, -0.2) is 0 Å². The third-order valence-electron chi connectivity index (χ3n) is 0.724. The average molecular weight is 182 g/mol. The van der Waals surface area contributed by atoms with Crippen LogP contribution in [0.15, 0.2) is 0 Å². The molecule has 0 fully saturated rings. The lowest BCUT2D eigenvalue weighted by atomic mass is 10.4. The van der Waals surface area contributed by atoms with Gasteiger partial charge >= 0.3 is 0 Å². The molecule has 0 spiro atoms. The molecule has 3 N–H and O–H groups in total. The summed E-state index contributed by atoms with van der Waals surface area (Å²) in [6.45, 7) is 1.04. The summed E-state index contributed by atoms with van der Waals surface area (Å²) in [5.74, 6) is 0. The molecule has 5 heteroatoms. The predicted molar refractivity (Wildman–Crippen MR) is 44.5 cm³/mol. The van der Waals surface area contributed by atoms with E-state index in [0.717, 1.165) is 0 Å². The van der Waals surface area contributed by atoms with Crippen LogP contribution in [0.3, 0.4) is 0 Å². The first-order chi connectivity index (χ1) is 5.08. The molecule has 4 nitrogen and oxygen atoms in total. The van der Waals surface area contributed by atoms with Crippen molar-refractivity contribution in [2.24, 2.45) is 0 Å². The first-order valence-electron chi connectivity index (χ1n) is 3.20. The van der Waals surface area contributed by atoms with Gasteiger partial charge in [-0.3, -0.25) is 4.79 Å². The number of hydrogen-bond acceptors (Lipinski definition) is 4. The van der Waals surface area contributed by atoms with Gasteiger partial charge in [0.2, 0.25) is 0 Å². The van der Waals surface area contributed by atoms with Crippen LogP contribution >= 0.6 is 12.6 Å². The molecule has 0 saturated heterocycles. The van der Waals surface area contributed by atoms with Gasteiger partial charge in [0.15, 0.2) is 5.12 Å². The molecule has 0 aliphatic heterocycles. The van der Waals surface area contributed by atoms with Crippen LogP contribution in [0, 0.1) is 0 Å². The summed E-state index contributed by atoms with van der Waals surface area (Å²) in [5, 5.41) is 24.0. The van der Waals surface area contributed by atoms with Gasteiger partial charge in [-0.15, -0.1) is 12.6 Å². The molecule has 68 valence electrons. The largest absolute Gasteiger partial charge is 0.394 e. The monoisotopic (exact) mass is 182 g/mol. The minimum Gasteiger partial charge on any atom is -0.394 e. The van der Waals surface area contributed by atoms with E-state index in [2.05, 4.69) is 12.6 Å². The highest BCUT2D eigenvalue weighted by Gasteiger charge is 1.93. The molecule has 0 unspecified atom stereocenters. The Balaban J connectivity index is 0. The van der Waals surface area contributed by atoms with Gasteiger partial charge in [0.05, 0.1) is 13.2 Å². The number of carbonyl (C=O) groups is 1. The smallest absolute Gasteiger partial charge is 0.185 e. The summed E-state index contributed by atoms with van der Waals surface area (Å²) < 4.78 is 0. The lowest BCUT2D eigenvalue weighted by molar-refractivity contribution is -0.110. The number of carbonyl (C=O) groups excluding carboxylic acids is 1. The van der Waals surface area contributed by atoms with Gasteiger partial charge in [-0.05, 0) is 0 Å². The second kappa shape index (κ2) is 9.90. The van der Waals surface area contributed by atoms with Crippen molar-refractivity contribution in [3.05, 3.63) is 0 Å². The molecule has 0 aliphatic carbocycles. The van der Waals surface area contributed by atoms with Crippen molar-refractivity contribution in [1.82, 2.24) is 0 Å². The van der Waals surface area contributed by atoms with E-state index in [9.17, 15) is 4.79 Å². The maximum absolute atomic E-state index is 9.68. The zero-order chi connectivity index (χ0) is 9.28. The maximum atomic E-state index is 9.68. The number of aliphatic hydroxyl groups excluding tert-OH is 3. The zero-order valence-electron chi connectivity index (χ0n) is 6.40. The maximum Gasteiger partial charge on any atom is 0.185 e. The van der Waals surface area contributed by atoms with Crippen molar-refractivity contribution >= 4 is 17.7 Å². The molecule has 0 aromatic rings. The Morgan fingerprint density at radius 1 is 1.45 bits per heavy atom. The molecule has 0 radical (unpaired) electrons. The Kier molecular flexibility index (Phi) is 12.1. The van der Waals surface area contributed by atoms with Gasteiger partial charge in [0.1, 0.15) is 6.10 Å². The van der Waals surface area contributed by atoms with Crippen molar-refractivity contribution in [2.45, 2.75) is 19.4 Å². The molecule has 0 aromatic carbocycles. The van der Waals surface area contributed by atoms with Gasteiger partial charge in [-0.1, -0.05) is 6.92 Å². The number of hydrogen-bond donors (Lipinski definition) is 4. The van der Waals surface area contributed by atoms with Crippen molar-refractivity contribution in [3.8, 4) is 0 Å². The first-order valence-corrected chi connectivity index (χ1v) is 3.64. The van der Waals surface area contributed by atoms with E-state index in [1.54, 1.807) is 6.92 Å². The number of aliphatic hydroxyl groups is 3. The van der Waals surface area contributed by atoms with Gasteiger partial charge in [0.25, 0.3) is 0 Å². The fraction of sp³-hybridized carbons (Fsp3) is 0.833. The van der Waals surface area contributed by atoms with E-state index in [1.165, 1.54) is 0 Å². The quantitative estimate of drug-likeness (QED) is 0.430. The highest BCUT2D eigenvalue weighted by Crippen LogP contribution is 1.80. The van der Waals surface area contributed by atoms with Crippen LogP contribution in [0.2, 0.25) is 0 Å². The van der Waals surface area contributed by atoms with Crippen LogP contribution in [0.25, 0.3) is 0 Å². The SMILES string of the molecule is CCC(=O)S.OCC(O)CO. The minimum atomic E-state index is -0.954. The average Bonchev–Trinajstić information content (AvgIpc) is 2.04. The molecule has 0 bridgehead atoms. The van der Waals surface area contributed by atoms with E-state index < -0.39 is 6.10 Å². The molecular formula is C6H14O4S. The summed E-state index contributed by atoms with van der Waals surface area (Å²) in [5.41, 5.74) is 0. The Hall–Kier alpha value is -0.100. The minimum absolute atomic E-state index is 0.0509. The third kappa shape index (κ3) is 17.7. The molecule has 0 saturated carbocycles. The fourth-order valence-electron chi connectivity index (χ4n) is 0.0577. The topological polar surface area (TPSA) is 77.8 Å². The van der Waals surface area contributed by atoms with Gasteiger partial charge < -0.3 is 15.3 Å². The second-order valence-electron chi connectivity index (χ2n) is 1.77. The number of rotatable bonds is 3. The van der Waals surface area contributed by atoms with Crippen LogP contribution < -0.4 is 0 Å². The molecule has 0 aliphatic rings. The molecular weight excluding hydrogens is 168 g/mol. The molecule has 0 rings (SSSR count). The van der Waals surface area contributed by atoms with Gasteiger partial charge in [-0.2, -0.15) is 0 Å². The molecule has 11 heavy (non-hydrogen) atoms. The predicted octanol–water partition coefficient (Wildman–Crippen LogP) is -0.815. The molecule has 0 aromatic heterocycles. The normalized spacial score (nSPS) is 8.91. The second-order valence-corrected chi connectivity index (χ2v) is 2.27. The lowest BCUT2D eigenvalue weighted by Gasteiger charge is -1.96. The molecule has 0 amide bonds. The molecule has 0 atom stereocenters. The Morgan fingerprint density at radius 2 is 1.73 bits per heavy atom. The third-order valence-corrected chi connectivity index (χ3v) is 1.04. The van der Waals surface area contributed by atoms with Crippen molar-refractivity contribution in [1.29, 1.82) is 0 Å². The molecule has 0 heterocycles. The van der Waals surface area contributed by atoms with E-state index in [4.69, 9.17) is 15.3 Å². The Bertz CT molecular complexity index is 92.6. The van der Waals surface area contributed by atoms with E-state index in [1.807, 2.05) is 0 Å². The van der Waals surface area contributed by atoms with Crippen LogP contribution in [-0.4, -0.2) is 39.8 Å². The van der Waals surface area contributed by atoms with Crippen LogP contribution in [0.4, 0.5) is 0 Å². The zero-order valence-corrected chi connectivity index (χ0v) is 7.29. The van der Waals surface area contributed by atoms with Crippen LogP contribution in [0.1, 0.15) is 13.3 Å². The Labute approximate surface area is 71.3 Å². The van der Waals surface area contributed by atoms with E-state index in [0.29, 0.717) is 6.42 Å². The fourth-order valence-corrected chi connectivity index (χ4v) is 0.0577. The van der Waals surface area contributed by atoms with Crippen molar-refractivity contribution in [3.63, 3.8) is 0 Å². The van der Waals surface area contributed by atoms with Crippen LogP contribution in [-0.2, 0) is 4.79 Å². The van der Waals surface area contributed by atoms with E-state index in [-0.39, 0.29) is 18.3 Å². The summed E-state index contributed by atoms with van der Waals surface area (Å²) in [6, 6.07) is 0. The summed E-state index contributed by atoms with van der Waals surface area (Å²) in [6.07, 6.45) is -0.423. The highest BCUT2D eigenvalue weighted by atomic mass is 32.1. The lowest BCUT2D eigenvalue weighted by Crippen LogP contribution is -2.15. The summed E-state index contributed by atoms with van der Waals surface area (Å²) in [4.78, 5) is 9.68. The van der Waals surface area contributed by atoms with Crippen LogP contribution in [0.5, 0.6) is 0 Å². The Morgan fingerprint density at radius 3 is 1.73 bits per heavy atom. The highest BCUT2D eigenvalue weighted by molar-refractivity contribution is 7.96. The van der Waals surface area contributed by atoms with Gasteiger partial charge in [0, 0.05) is 6.42 Å². The summed E-state index contributed by atoms with van der Waals surface area (Å²) in [7, 11) is 0. The standard InChI is InChI=1S/C3H8O3.C3H6OS/c4-1-3(6)2-5;1-2-3(4)5/h3-6H,1-2H2;2H2,1H3,(H,4,5). The van der Waals surface area contributed by atoms with Crippen molar-refractivity contribution in [2.75, 3.05) is 13.2 Å².